The predicted octanol–water partition coefficient (Wildman–Crippen LogP) is 1.48. The number of nitrogens with zero attached hydrogens (tertiary/aromatic N) is 2. The number of aliphatic hydroxyl groups excluding tert-OH is 1. The van der Waals surface area contributed by atoms with Crippen molar-refractivity contribution >= 4 is 23.6 Å². The number of benzene rings is 2. The molecule has 38 heavy (non-hydrogen) atoms. The standard InChI is InChI=1S/C29H36N4O5/c1-18(34)32-14-13-29(2,3)25(32)28(38)33-17-22(35)16-24(33)27(37)31-23(26(30)36)15-19-9-11-21(12-10-19)20-7-5-4-6-8-20/h4-12,22-25,35H,13-17H2,1-3H3,(H2,30,36)(H,31,37)/t22-,23-,24+,25-/m1/s1. The van der Waals surface area contributed by atoms with Crippen LogP contribution in [0.25, 0.3) is 11.1 Å². The van der Waals surface area contributed by atoms with E-state index in [1.165, 1.54) is 16.7 Å². The highest BCUT2D eigenvalue weighted by Crippen LogP contribution is 2.38. The molecule has 2 heterocycles. The summed E-state index contributed by atoms with van der Waals surface area (Å²) in [7, 11) is 0. The van der Waals surface area contributed by atoms with Gasteiger partial charge < -0.3 is 26.0 Å². The molecule has 2 aliphatic heterocycles. The van der Waals surface area contributed by atoms with E-state index in [9.17, 15) is 24.3 Å². The molecule has 2 saturated heterocycles. The van der Waals surface area contributed by atoms with Gasteiger partial charge in [0.1, 0.15) is 18.1 Å². The van der Waals surface area contributed by atoms with Crippen molar-refractivity contribution in [2.45, 2.75) is 64.3 Å². The molecule has 2 fully saturated rings. The molecule has 4 amide bonds. The zero-order chi connectivity index (χ0) is 27.6. The summed E-state index contributed by atoms with van der Waals surface area (Å²) in [5, 5.41) is 13.1. The van der Waals surface area contributed by atoms with Crippen LogP contribution in [-0.2, 0) is 25.6 Å². The van der Waals surface area contributed by atoms with E-state index in [-0.39, 0.29) is 31.2 Å². The molecular weight excluding hydrogens is 484 g/mol. The maximum Gasteiger partial charge on any atom is 0.246 e. The van der Waals surface area contributed by atoms with Crippen molar-refractivity contribution in [3.05, 3.63) is 60.2 Å². The van der Waals surface area contributed by atoms with Crippen LogP contribution in [0.2, 0.25) is 0 Å². The summed E-state index contributed by atoms with van der Waals surface area (Å²) in [5.41, 5.74) is 8.07. The lowest BCUT2D eigenvalue weighted by molar-refractivity contribution is -0.148. The molecule has 0 unspecified atom stereocenters. The topological polar surface area (TPSA) is 133 Å². The van der Waals surface area contributed by atoms with Gasteiger partial charge in [-0.15, -0.1) is 0 Å². The molecule has 2 aromatic carbocycles. The van der Waals surface area contributed by atoms with Crippen molar-refractivity contribution in [2.24, 2.45) is 11.1 Å². The summed E-state index contributed by atoms with van der Waals surface area (Å²) in [6, 6.07) is 14.9. The van der Waals surface area contributed by atoms with Gasteiger partial charge >= 0.3 is 0 Å². The number of rotatable bonds is 7. The molecule has 0 spiro atoms. The smallest absolute Gasteiger partial charge is 0.246 e. The van der Waals surface area contributed by atoms with E-state index < -0.39 is 41.5 Å². The van der Waals surface area contributed by atoms with E-state index in [0.717, 1.165) is 16.7 Å². The number of nitrogens with two attached hydrogens (primary N) is 1. The van der Waals surface area contributed by atoms with E-state index in [0.29, 0.717) is 13.0 Å². The van der Waals surface area contributed by atoms with Gasteiger partial charge in [0.15, 0.2) is 0 Å². The van der Waals surface area contributed by atoms with E-state index in [1.807, 2.05) is 68.4 Å². The molecule has 2 aliphatic rings. The zero-order valence-corrected chi connectivity index (χ0v) is 22.1. The fourth-order valence-corrected chi connectivity index (χ4v) is 5.56. The number of likely N-dealkylation sites (tertiary alicyclic amines) is 2. The summed E-state index contributed by atoms with van der Waals surface area (Å²) >= 11 is 0. The normalized spacial score (nSPS) is 23.2. The summed E-state index contributed by atoms with van der Waals surface area (Å²) in [4.78, 5) is 54.3. The van der Waals surface area contributed by atoms with Crippen LogP contribution in [0.3, 0.4) is 0 Å². The Kier molecular flexibility index (Phi) is 7.87. The average Bonchev–Trinajstić information content (AvgIpc) is 3.43. The van der Waals surface area contributed by atoms with Crippen LogP contribution in [0.1, 0.15) is 39.2 Å². The number of nitrogens with one attached hydrogen (secondary N) is 1. The number of amides is 4. The molecular formula is C29H36N4O5. The SMILES string of the molecule is CC(=O)N1CCC(C)(C)[C@H]1C(=O)N1C[C@H](O)C[C@H]1C(=O)N[C@H](Cc1ccc(-c2ccccc2)cc1)C(N)=O. The van der Waals surface area contributed by atoms with Crippen LogP contribution in [0.5, 0.6) is 0 Å². The number of hydrogen-bond donors (Lipinski definition) is 3. The third kappa shape index (κ3) is 5.72. The lowest BCUT2D eigenvalue weighted by Crippen LogP contribution is -2.57. The van der Waals surface area contributed by atoms with Crippen LogP contribution in [-0.4, -0.2) is 75.9 Å². The molecule has 9 nitrogen and oxygen atoms in total. The molecule has 0 radical (unpaired) electrons. The lowest BCUT2D eigenvalue weighted by Gasteiger charge is -2.36. The number of carbonyl (C=O) groups is 4. The minimum atomic E-state index is -0.989. The van der Waals surface area contributed by atoms with Crippen molar-refractivity contribution in [2.75, 3.05) is 13.1 Å². The first-order valence-corrected chi connectivity index (χ1v) is 13.0. The third-order valence-corrected chi connectivity index (χ3v) is 7.71. The third-order valence-electron chi connectivity index (χ3n) is 7.71. The van der Waals surface area contributed by atoms with Gasteiger partial charge in [0.2, 0.25) is 23.6 Å². The molecule has 0 saturated carbocycles. The molecule has 202 valence electrons. The van der Waals surface area contributed by atoms with Gasteiger partial charge in [-0.2, -0.15) is 0 Å². The average molecular weight is 521 g/mol. The Balaban J connectivity index is 1.47. The largest absolute Gasteiger partial charge is 0.391 e. The summed E-state index contributed by atoms with van der Waals surface area (Å²) in [5.74, 6) is -1.82. The fourth-order valence-electron chi connectivity index (χ4n) is 5.56. The summed E-state index contributed by atoms with van der Waals surface area (Å²) < 4.78 is 0. The molecule has 9 heteroatoms. The first-order valence-electron chi connectivity index (χ1n) is 13.0. The second-order valence-electron chi connectivity index (χ2n) is 11.0. The Bertz CT molecular complexity index is 1200. The number of β-amino-alcohol motifs (C(OH)–C–C–N with tert-alkyl or cyclic N) is 1. The second kappa shape index (κ2) is 10.9. The molecule has 4 atom stereocenters. The van der Waals surface area contributed by atoms with Crippen molar-refractivity contribution < 1.29 is 24.3 Å². The first kappa shape index (κ1) is 27.3. The van der Waals surface area contributed by atoms with Crippen LogP contribution in [0.15, 0.2) is 54.6 Å². The van der Waals surface area contributed by atoms with Gasteiger partial charge in [-0.3, -0.25) is 19.2 Å². The number of primary amides is 1. The Hall–Kier alpha value is -3.72. The fraction of sp³-hybridized carbons (Fsp3) is 0.448. The Morgan fingerprint density at radius 2 is 1.66 bits per heavy atom. The van der Waals surface area contributed by atoms with E-state index >= 15 is 0 Å². The quantitative estimate of drug-likeness (QED) is 0.509. The van der Waals surface area contributed by atoms with Crippen molar-refractivity contribution in [1.29, 1.82) is 0 Å². The molecule has 4 rings (SSSR count). The highest BCUT2D eigenvalue weighted by molar-refractivity contribution is 5.95. The predicted molar refractivity (Wildman–Crippen MR) is 142 cm³/mol. The van der Waals surface area contributed by atoms with Gasteiger partial charge in [0.25, 0.3) is 0 Å². The van der Waals surface area contributed by atoms with Crippen molar-refractivity contribution in [3.8, 4) is 11.1 Å². The maximum atomic E-state index is 13.6. The Morgan fingerprint density at radius 3 is 2.26 bits per heavy atom. The Morgan fingerprint density at radius 1 is 1.03 bits per heavy atom. The van der Waals surface area contributed by atoms with Gasteiger partial charge in [0.05, 0.1) is 6.10 Å². The van der Waals surface area contributed by atoms with Crippen LogP contribution in [0, 0.1) is 5.41 Å². The van der Waals surface area contributed by atoms with Crippen molar-refractivity contribution in [1.82, 2.24) is 15.1 Å². The number of carbonyl (C=O) groups excluding carboxylic acids is 4. The van der Waals surface area contributed by atoms with Gasteiger partial charge in [-0.25, -0.2) is 0 Å². The van der Waals surface area contributed by atoms with Crippen molar-refractivity contribution in [3.63, 3.8) is 0 Å². The maximum absolute atomic E-state index is 13.6. The Labute approximate surface area is 223 Å². The number of aliphatic hydroxyl groups is 1. The summed E-state index contributed by atoms with van der Waals surface area (Å²) in [6.45, 7) is 5.71. The summed E-state index contributed by atoms with van der Waals surface area (Å²) in [6.07, 6.45) is 0.000614. The molecule has 0 aliphatic carbocycles. The monoisotopic (exact) mass is 520 g/mol. The second-order valence-corrected chi connectivity index (χ2v) is 11.0. The highest BCUT2D eigenvalue weighted by atomic mass is 16.3. The molecule has 2 aromatic rings. The minimum absolute atomic E-state index is 0.0164. The van der Waals surface area contributed by atoms with E-state index in [1.54, 1.807) is 0 Å². The van der Waals surface area contributed by atoms with E-state index in [2.05, 4.69) is 5.32 Å². The molecule has 0 aromatic heterocycles. The van der Waals surface area contributed by atoms with Crippen LogP contribution < -0.4 is 11.1 Å². The lowest BCUT2D eigenvalue weighted by atomic mass is 9.83. The van der Waals surface area contributed by atoms with E-state index in [4.69, 9.17) is 5.73 Å². The van der Waals surface area contributed by atoms with Crippen LogP contribution in [0.4, 0.5) is 0 Å². The number of hydrogen-bond acceptors (Lipinski definition) is 5. The highest BCUT2D eigenvalue weighted by Gasteiger charge is 2.51. The van der Waals surface area contributed by atoms with Gasteiger partial charge in [0, 0.05) is 32.9 Å². The zero-order valence-electron chi connectivity index (χ0n) is 22.1. The molecule has 0 bridgehead atoms. The van der Waals surface area contributed by atoms with Gasteiger partial charge in [-0.1, -0.05) is 68.4 Å². The van der Waals surface area contributed by atoms with Gasteiger partial charge in [-0.05, 0) is 28.5 Å². The molecule has 4 N–H and O–H groups in total. The first-order chi connectivity index (χ1) is 18.0. The minimum Gasteiger partial charge on any atom is -0.391 e. The van der Waals surface area contributed by atoms with Crippen LogP contribution >= 0.6 is 0 Å².